The fourth-order valence-corrected chi connectivity index (χ4v) is 0.534. The quantitative estimate of drug-likeness (QED) is 0.373. The predicted molar refractivity (Wildman–Crippen MR) is 47.0 cm³/mol. The summed E-state index contributed by atoms with van der Waals surface area (Å²) in [6.45, 7) is 0. The standard InChI is InChI=1S/C6H7B.BH3O3/c7-6-4-2-1-3-5-6;2-1(3)4/h1-5H,7H2;2-4H. The second kappa shape index (κ2) is 5.97. The van der Waals surface area contributed by atoms with Crippen molar-refractivity contribution in [3.05, 3.63) is 30.3 Å². The van der Waals surface area contributed by atoms with Crippen LogP contribution >= 0.6 is 0 Å². The van der Waals surface area contributed by atoms with E-state index in [4.69, 9.17) is 15.1 Å². The molecule has 0 saturated heterocycles. The molecule has 0 radical (unpaired) electrons. The zero-order valence-corrected chi connectivity index (χ0v) is 6.31. The average Bonchev–Trinajstić information content (AvgIpc) is 1.87. The average molecular weight is 152 g/mol. The molecule has 1 rings (SSSR count). The molecule has 0 fully saturated rings. The Kier molecular flexibility index (Phi) is 5.56. The molecule has 5 heteroatoms. The fraction of sp³-hybridized carbons (Fsp3) is 0. The van der Waals surface area contributed by atoms with Gasteiger partial charge in [0.05, 0.1) is 0 Å². The van der Waals surface area contributed by atoms with Gasteiger partial charge in [0.25, 0.3) is 0 Å². The Morgan fingerprint density at radius 3 is 1.55 bits per heavy atom. The second-order valence-corrected chi connectivity index (χ2v) is 2.00. The molecule has 1 aromatic carbocycles. The Morgan fingerprint density at radius 1 is 1.00 bits per heavy atom. The first-order chi connectivity index (χ1) is 5.13. The Morgan fingerprint density at radius 2 is 1.36 bits per heavy atom. The van der Waals surface area contributed by atoms with E-state index in [0.717, 1.165) is 0 Å². The first-order valence-corrected chi connectivity index (χ1v) is 3.19. The van der Waals surface area contributed by atoms with Crippen LogP contribution in [0.25, 0.3) is 0 Å². The van der Waals surface area contributed by atoms with Gasteiger partial charge in [-0.05, 0) is 0 Å². The molecule has 0 bridgehead atoms. The van der Waals surface area contributed by atoms with E-state index in [1.54, 1.807) is 0 Å². The van der Waals surface area contributed by atoms with Crippen molar-refractivity contribution < 1.29 is 15.1 Å². The molecular weight excluding hydrogens is 142 g/mol. The highest BCUT2D eigenvalue weighted by Gasteiger charge is 1.92. The lowest BCUT2D eigenvalue weighted by atomic mass is 9.97. The lowest BCUT2D eigenvalue weighted by Gasteiger charge is -1.82. The van der Waals surface area contributed by atoms with Crippen molar-refractivity contribution in [2.75, 3.05) is 0 Å². The van der Waals surface area contributed by atoms with E-state index in [9.17, 15) is 0 Å². The fourth-order valence-electron chi connectivity index (χ4n) is 0.534. The minimum Gasteiger partial charge on any atom is -0.402 e. The molecule has 0 atom stereocenters. The van der Waals surface area contributed by atoms with Crippen molar-refractivity contribution in [3.8, 4) is 0 Å². The molecule has 11 heavy (non-hydrogen) atoms. The van der Waals surface area contributed by atoms with Gasteiger partial charge in [0.2, 0.25) is 0 Å². The summed E-state index contributed by atoms with van der Waals surface area (Å²) in [5.41, 5.74) is 1.32. The van der Waals surface area contributed by atoms with E-state index in [1.807, 2.05) is 18.2 Å². The van der Waals surface area contributed by atoms with Crippen molar-refractivity contribution in [1.82, 2.24) is 0 Å². The monoisotopic (exact) mass is 152 g/mol. The SMILES string of the molecule is Bc1ccccc1.OB(O)O. The molecule has 0 amide bonds. The Bertz CT molecular complexity index is 176. The summed E-state index contributed by atoms with van der Waals surface area (Å²) in [4.78, 5) is 0. The van der Waals surface area contributed by atoms with Gasteiger partial charge in [0.1, 0.15) is 7.85 Å². The van der Waals surface area contributed by atoms with Crippen molar-refractivity contribution in [3.63, 3.8) is 0 Å². The molecule has 0 aromatic heterocycles. The van der Waals surface area contributed by atoms with Gasteiger partial charge < -0.3 is 15.1 Å². The molecule has 0 aliphatic heterocycles. The summed E-state index contributed by atoms with van der Waals surface area (Å²) in [6.07, 6.45) is 0. The summed E-state index contributed by atoms with van der Waals surface area (Å²) in [5, 5.41) is 21.5. The molecule has 0 aliphatic rings. The zero-order chi connectivity index (χ0) is 8.69. The van der Waals surface area contributed by atoms with E-state index in [-0.39, 0.29) is 0 Å². The number of benzene rings is 1. The molecule has 0 spiro atoms. The van der Waals surface area contributed by atoms with Crippen LogP contribution in [0.4, 0.5) is 0 Å². The molecule has 3 N–H and O–H groups in total. The van der Waals surface area contributed by atoms with Crippen molar-refractivity contribution in [1.29, 1.82) is 0 Å². The summed E-state index contributed by atoms with van der Waals surface area (Å²) >= 11 is 0. The van der Waals surface area contributed by atoms with Gasteiger partial charge in [-0.15, -0.1) is 0 Å². The normalized spacial score (nSPS) is 7.91. The number of hydrogen-bond acceptors (Lipinski definition) is 3. The minimum absolute atomic E-state index is 1.32. The topological polar surface area (TPSA) is 60.7 Å². The first-order valence-electron chi connectivity index (χ1n) is 3.19. The van der Waals surface area contributed by atoms with Crippen molar-refractivity contribution >= 4 is 20.6 Å². The third-order valence-electron chi connectivity index (χ3n) is 0.940. The third kappa shape index (κ3) is 9.23. The van der Waals surface area contributed by atoms with Crippen LogP contribution in [0.2, 0.25) is 0 Å². The molecule has 0 unspecified atom stereocenters. The van der Waals surface area contributed by atoms with Crippen LogP contribution in [-0.2, 0) is 0 Å². The molecule has 0 aliphatic carbocycles. The molecule has 3 nitrogen and oxygen atoms in total. The maximum absolute atomic E-state index is 7.17. The van der Waals surface area contributed by atoms with Gasteiger partial charge >= 0.3 is 7.32 Å². The van der Waals surface area contributed by atoms with E-state index in [0.29, 0.717) is 0 Å². The van der Waals surface area contributed by atoms with Gasteiger partial charge in [-0.3, -0.25) is 0 Å². The van der Waals surface area contributed by atoms with Gasteiger partial charge in [0.15, 0.2) is 0 Å². The van der Waals surface area contributed by atoms with Crippen LogP contribution in [0.5, 0.6) is 0 Å². The van der Waals surface area contributed by atoms with E-state index >= 15 is 0 Å². The minimum atomic E-state index is -2.17. The third-order valence-corrected chi connectivity index (χ3v) is 0.940. The highest BCUT2D eigenvalue weighted by atomic mass is 16.5. The van der Waals surface area contributed by atoms with Crippen LogP contribution < -0.4 is 5.46 Å². The van der Waals surface area contributed by atoms with E-state index < -0.39 is 7.32 Å². The first kappa shape index (κ1) is 10.2. The molecule has 0 saturated carbocycles. The smallest absolute Gasteiger partial charge is 0.402 e. The van der Waals surface area contributed by atoms with Crippen LogP contribution in [0.1, 0.15) is 0 Å². The number of hydrogen-bond donors (Lipinski definition) is 3. The number of rotatable bonds is 0. The summed E-state index contributed by atoms with van der Waals surface area (Å²) in [7, 11) is -0.0833. The van der Waals surface area contributed by atoms with Crippen LogP contribution in [0, 0.1) is 0 Å². The zero-order valence-electron chi connectivity index (χ0n) is 6.31. The lowest BCUT2D eigenvalue weighted by Crippen LogP contribution is -2.07. The van der Waals surface area contributed by atoms with Crippen LogP contribution in [0.15, 0.2) is 30.3 Å². The van der Waals surface area contributed by atoms with Gasteiger partial charge in [-0.2, -0.15) is 0 Å². The van der Waals surface area contributed by atoms with Gasteiger partial charge in [-0.25, -0.2) is 0 Å². The van der Waals surface area contributed by atoms with Gasteiger partial charge in [-0.1, -0.05) is 35.8 Å². The van der Waals surface area contributed by atoms with Crippen molar-refractivity contribution in [2.24, 2.45) is 0 Å². The largest absolute Gasteiger partial charge is 0.631 e. The van der Waals surface area contributed by atoms with Crippen LogP contribution in [-0.4, -0.2) is 30.2 Å². The maximum atomic E-state index is 7.17. The van der Waals surface area contributed by atoms with Crippen LogP contribution in [0.3, 0.4) is 0 Å². The second-order valence-electron chi connectivity index (χ2n) is 2.00. The highest BCUT2D eigenvalue weighted by Crippen LogP contribution is 1.76. The Hall–Kier alpha value is -0.770. The Labute approximate surface area is 66.9 Å². The molecule has 1 aromatic rings. The summed E-state index contributed by atoms with van der Waals surface area (Å²) in [5.74, 6) is 0. The predicted octanol–water partition coefficient (Wildman–Crippen LogP) is -2.11. The Balaban J connectivity index is 0.000000218. The van der Waals surface area contributed by atoms with Gasteiger partial charge in [0, 0.05) is 0 Å². The highest BCUT2D eigenvalue weighted by molar-refractivity contribution is 6.32. The van der Waals surface area contributed by atoms with E-state index in [1.165, 1.54) is 5.46 Å². The van der Waals surface area contributed by atoms with Crippen molar-refractivity contribution in [2.45, 2.75) is 0 Å². The molecular formula is C6H10B2O3. The maximum Gasteiger partial charge on any atom is 0.631 e. The summed E-state index contributed by atoms with van der Waals surface area (Å²) in [6, 6.07) is 10.3. The molecule has 58 valence electrons. The molecule has 0 heterocycles. The lowest BCUT2D eigenvalue weighted by molar-refractivity contribution is 0.278. The van der Waals surface area contributed by atoms with E-state index in [2.05, 4.69) is 20.0 Å². The summed E-state index contributed by atoms with van der Waals surface area (Å²) < 4.78 is 0.